The number of hydrogen-bond donors (Lipinski definition) is 2. The van der Waals surface area contributed by atoms with E-state index in [9.17, 15) is 19.7 Å². The Labute approximate surface area is 151 Å². The van der Waals surface area contributed by atoms with Crippen LogP contribution in [0.25, 0.3) is 0 Å². The third kappa shape index (κ3) is 6.32. The van der Waals surface area contributed by atoms with Gasteiger partial charge in [-0.2, -0.15) is 0 Å². The molecule has 0 aromatic heterocycles. The lowest BCUT2D eigenvalue weighted by atomic mass is 10.0. The van der Waals surface area contributed by atoms with Gasteiger partial charge in [0.25, 0.3) is 11.6 Å². The van der Waals surface area contributed by atoms with E-state index in [4.69, 9.17) is 11.6 Å². The predicted octanol–water partition coefficient (Wildman–Crippen LogP) is 1.68. The third-order valence-electron chi connectivity index (χ3n) is 3.50. The first-order valence-corrected chi connectivity index (χ1v) is 8.18. The van der Waals surface area contributed by atoms with Gasteiger partial charge in [0.1, 0.15) is 11.1 Å². The summed E-state index contributed by atoms with van der Waals surface area (Å²) in [4.78, 5) is 36.9. The molecule has 0 spiro atoms. The van der Waals surface area contributed by atoms with E-state index in [1.54, 1.807) is 13.8 Å². The summed E-state index contributed by atoms with van der Waals surface area (Å²) in [6, 6.07) is 3.02. The number of amides is 2. The van der Waals surface area contributed by atoms with Crippen molar-refractivity contribution in [3.63, 3.8) is 0 Å². The largest absolute Gasteiger partial charge is 0.353 e. The van der Waals surface area contributed by atoms with Crippen LogP contribution >= 0.6 is 11.6 Å². The second-order valence-electron chi connectivity index (χ2n) is 6.21. The number of benzene rings is 1. The smallest absolute Gasteiger partial charge is 0.288 e. The van der Waals surface area contributed by atoms with Crippen LogP contribution < -0.4 is 10.6 Å². The van der Waals surface area contributed by atoms with Crippen molar-refractivity contribution < 1.29 is 14.5 Å². The molecule has 0 fully saturated rings. The fourth-order valence-electron chi connectivity index (χ4n) is 2.07. The maximum atomic E-state index is 12.4. The highest BCUT2D eigenvalue weighted by Crippen LogP contribution is 2.25. The van der Waals surface area contributed by atoms with E-state index in [0.29, 0.717) is 13.1 Å². The summed E-state index contributed by atoms with van der Waals surface area (Å²) in [6.07, 6.45) is 0. The standard InChI is InChI=1S/C16H23ClN4O4/c1-10(2)14(16(23)18-7-8-20(3)4)19-15(22)11-5-6-12(17)13(9-11)21(24)25/h5-6,9-10,14H,7-8H2,1-4H3,(H,18,23)(H,19,22)/t14-/m1/s1. The van der Waals surface area contributed by atoms with Crippen LogP contribution in [-0.2, 0) is 4.79 Å². The van der Waals surface area contributed by atoms with Gasteiger partial charge in [0.15, 0.2) is 0 Å². The molecule has 2 N–H and O–H groups in total. The van der Waals surface area contributed by atoms with E-state index < -0.39 is 16.9 Å². The molecule has 0 aliphatic heterocycles. The summed E-state index contributed by atoms with van der Waals surface area (Å²) in [5.74, 6) is -1.01. The number of carbonyl (C=O) groups is 2. The minimum atomic E-state index is -0.746. The van der Waals surface area contributed by atoms with Gasteiger partial charge >= 0.3 is 0 Å². The van der Waals surface area contributed by atoms with Gasteiger partial charge in [-0.15, -0.1) is 0 Å². The Balaban J connectivity index is 2.84. The second kappa shape index (κ2) is 9.33. The maximum Gasteiger partial charge on any atom is 0.288 e. The first kappa shape index (κ1) is 20.9. The number of carbonyl (C=O) groups excluding carboxylic acids is 2. The topological polar surface area (TPSA) is 105 Å². The number of nitro benzene ring substituents is 1. The zero-order valence-electron chi connectivity index (χ0n) is 14.7. The molecule has 0 saturated carbocycles. The summed E-state index contributed by atoms with van der Waals surface area (Å²) in [5, 5.41) is 16.3. The van der Waals surface area contributed by atoms with Gasteiger partial charge in [0.05, 0.1) is 4.92 Å². The molecule has 1 atom stereocenters. The Kier molecular flexibility index (Phi) is 7.79. The highest BCUT2D eigenvalue weighted by Gasteiger charge is 2.25. The van der Waals surface area contributed by atoms with Gasteiger partial charge in [-0.3, -0.25) is 19.7 Å². The Morgan fingerprint density at radius 1 is 1.32 bits per heavy atom. The lowest BCUT2D eigenvalue weighted by Gasteiger charge is -2.22. The number of hydrogen-bond acceptors (Lipinski definition) is 5. The number of halogens is 1. The summed E-state index contributed by atoms with van der Waals surface area (Å²) >= 11 is 5.74. The minimum absolute atomic E-state index is 0.0524. The Morgan fingerprint density at radius 3 is 2.48 bits per heavy atom. The molecule has 1 aromatic carbocycles. The van der Waals surface area contributed by atoms with Crippen molar-refractivity contribution in [2.45, 2.75) is 19.9 Å². The zero-order chi connectivity index (χ0) is 19.1. The van der Waals surface area contributed by atoms with Crippen LogP contribution in [0.15, 0.2) is 18.2 Å². The van der Waals surface area contributed by atoms with Crippen LogP contribution in [-0.4, -0.2) is 54.9 Å². The van der Waals surface area contributed by atoms with Crippen LogP contribution in [0, 0.1) is 16.0 Å². The summed E-state index contributed by atoms with van der Waals surface area (Å²) < 4.78 is 0. The van der Waals surface area contributed by atoms with Gasteiger partial charge in [0, 0.05) is 24.7 Å². The maximum absolute atomic E-state index is 12.4. The molecule has 0 heterocycles. The van der Waals surface area contributed by atoms with Gasteiger partial charge in [0.2, 0.25) is 5.91 Å². The monoisotopic (exact) mass is 370 g/mol. The van der Waals surface area contributed by atoms with Gasteiger partial charge in [-0.1, -0.05) is 25.4 Å². The molecule has 9 heteroatoms. The van der Waals surface area contributed by atoms with Gasteiger partial charge in [-0.05, 0) is 32.1 Å². The van der Waals surface area contributed by atoms with Crippen LogP contribution in [0.3, 0.4) is 0 Å². The lowest BCUT2D eigenvalue weighted by molar-refractivity contribution is -0.384. The van der Waals surface area contributed by atoms with Crippen LogP contribution in [0.2, 0.25) is 5.02 Å². The molecule has 25 heavy (non-hydrogen) atoms. The van der Waals surface area contributed by atoms with Crippen molar-refractivity contribution in [3.05, 3.63) is 38.9 Å². The van der Waals surface area contributed by atoms with Crippen molar-refractivity contribution in [2.75, 3.05) is 27.2 Å². The molecule has 1 aromatic rings. The average molecular weight is 371 g/mol. The Bertz CT molecular complexity index is 649. The van der Waals surface area contributed by atoms with Crippen molar-refractivity contribution in [2.24, 2.45) is 5.92 Å². The third-order valence-corrected chi connectivity index (χ3v) is 3.82. The number of likely N-dealkylation sites (N-methyl/N-ethyl adjacent to an activating group) is 1. The normalized spacial score (nSPS) is 12.1. The molecule has 0 aliphatic carbocycles. The number of nitrogens with one attached hydrogen (secondary N) is 2. The fourth-order valence-corrected chi connectivity index (χ4v) is 2.25. The Hall–Kier alpha value is -2.19. The molecule has 0 unspecified atom stereocenters. The average Bonchev–Trinajstić information content (AvgIpc) is 2.51. The first-order valence-electron chi connectivity index (χ1n) is 7.80. The molecule has 1 rings (SSSR count). The van der Waals surface area contributed by atoms with Crippen molar-refractivity contribution in [1.82, 2.24) is 15.5 Å². The molecular formula is C16H23ClN4O4. The summed E-state index contributed by atoms with van der Waals surface area (Å²) in [6.45, 7) is 4.74. The van der Waals surface area contributed by atoms with E-state index >= 15 is 0 Å². The van der Waals surface area contributed by atoms with E-state index in [1.807, 2.05) is 19.0 Å². The number of nitrogens with zero attached hydrogens (tertiary/aromatic N) is 2. The SMILES string of the molecule is CC(C)[C@@H](NC(=O)c1ccc(Cl)c([N+](=O)[O-])c1)C(=O)NCCN(C)C. The number of rotatable bonds is 8. The molecule has 138 valence electrons. The first-order chi connectivity index (χ1) is 11.6. The van der Waals surface area contributed by atoms with E-state index in [0.717, 1.165) is 6.07 Å². The van der Waals surface area contributed by atoms with Crippen molar-refractivity contribution in [3.8, 4) is 0 Å². The predicted molar refractivity (Wildman–Crippen MR) is 95.8 cm³/mol. The Morgan fingerprint density at radius 2 is 1.96 bits per heavy atom. The zero-order valence-corrected chi connectivity index (χ0v) is 15.5. The van der Waals surface area contributed by atoms with Crippen molar-refractivity contribution >= 4 is 29.1 Å². The van der Waals surface area contributed by atoms with E-state index in [1.165, 1.54) is 12.1 Å². The molecule has 0 aliphatic rings. The molecule has 0 bridgehead atoms. The molecule has 8 nitrogen and oxygen atoms in total. The quantitative estimate of drug-likeness (QED) is 0.535. The summed E-state index contributed by atoms with van der Waals surface area (Å²) in [7, 11) is 3.78. The van der Waals surface area contributed by atoms with Crippen LogP contribution in [0.5, 0.6) is 0 Å². The van der Waals surface area contributed by atoms with Gasteiger partial charge in [-0.25, -0.2) is 0 Å². The fraction of sp³-hybridized carbons (Fsp3) is 0.500. The molecule has 0 radical (unpaired) electrons. The lowest BCUT2D eigenvalue weighted by Crippen LogP contribution is -2.50. The highest BCUT2D eigenvalue weighted by atomic mass is 35.5. The van der Waals surface area contributed by atoms with E-state index in [2.05, 4.69) is 10.6 Å². The molecule has 2 amide bonds. The van der Waals surface area contributed by atoms with Gasteiger partial charge < -0.3 is 15.5 Å². The van der Waals surface area contributed by atoms with Crippen LogP contribution in [0.1, 0.15) is 24.2 Å². The minimum Gasteiger partial charge on any atom is -0.353 e. The van der Waals surface area contributed by atoms with E-state index in [-0.39, 0.29) is 28.1 Å². The number of nitro groups is 1. The molecular weight excluding hydrogens is 348 g/mol. The second-order valence-corrected chi connectivity index (χ2v) is 6.62. The highest BCUT2D eigenvalue weighted by molar-refractivity contribution is 6.32. The van der Waals surface area contributed by atoms with Crippen molar-refractivity contribution in [1.29, 1.82) is 0 Å². The summed E-state index contributed by atoms with van der Waals surface area (Å²) in [5.41, 5.74) is -0.284. The molecule has 0 saturated heterocycles. The van der Waals surface area contributed by atoms with Crippen LogP contribution in [0.4, 0.5) is 5.69 Å².